The molecule has 1 aromatic carbocycles. The third-order valence-electron chi connectivity index (χ3n) is 3.28. The molecule has 2 aromatic rings. The lowest BCUT2D eigenvalue weighted by Crippen LogP contribution is -2.05. The molecule has 21 heavy (non-hydrogen) atoms. The maximum Gasteiger partial charge on any atom is 0.146 e. The van der Waals surface area contributed by atoms with Gasteiger partial charge in [0.15, 0.2) is 0 Å². The first kappa shape index (κ1) is 15.3. The van der Waals surface area contributed by atoms with E-state index < -0.39 is 0 Å². The van der Waals surface area contributed by atoms with Crippen molar-refractivity contribution >= 4 is 0 Å². The van der Waals surface area contributed by atoms with E-state index in [2.05, 4.69) is 4.98 Å². The standard InChI is InChI=1S/C16H19NO4/c1-11-16(15(9-19)13(8-18)7-17-11)21-10-12-3-5-14(20-2)6-4-12/h3-7,18-19H,8-10H2,1-2H3. The van der Waals surface area contributed by atoms with Gasteiger partial charge in [0.2, 0.25) is 0 Å². The highest BCUT2D eigenvalue weighted by atomic mass is 16.5. The summed E-state index contributed by atoms with van der Waals surface area (Å²) in [4.78, 5) is 4.18. The van der Waals surface area contributed by atoms with Crippen LogP contribution in [0.3, 0.4) is 0 Å². The predicted octanol–water partition coefficient (Wildman–Crippen LogP) is 1.96. The fourth-order valence-corrected chi connectivity index (χ4v) is 2.05. The zero-order chi connectivity index (χ0) is 15.2. The van der Waals surface area contributed by atoms with Crippen molar-refractivity contribution in [1.82, 2.24) is 4.98 Å². The van der Waals surface area contributed by atoms with Gasteiger partial charge in [-0.2, -0.15) is 0 Å². The number of hydrogen-bond donors (Lipinski definition) is 2. The molecule has 2 N–H and O–H groups in total. The van der Waals surface area contributed by atoms with Crippen LogP contribution in [0.4, 0.5) is 0 Å². The Kier molecular flexibility index (Phi) is 5.14. The minimum atomic E-state index is -0.197. The summed E-state index contributed by atoms with van der Waals surface area (Å²) in [6.45, 7) is 1.79. The summed E-state index contributed by atoms with van der Waals surface area (Å²) in [7, 11) is 1.62. The van der Waals surface area contributed by atoms with Gasteiger partial charge in [0.25, 0.3) is 0 Å². The number of hydrogen-bond acceptors (Lipinski definition) is 5. The topological polar surface area (TPSA) is 71.8 Å². The Bertz CT molecular complexity index is 596. The number of ether oxygens (including phenoxy) is 2. The Morgan fingerprint density at radius 3 is 2.38 bits per heavy atom. The lowest BCUT2D eigenvalue weighted by molar-refractivity contribution is 0.242. The quantitative estimate of drug-likeness (QED) is 0.850. The summed E-state index contributed by atoms with van der Waals surface area (Å²) < 4.78 is 10.9. The van der Waals surface area contributed by atoms with E-state index in [1.165, 1.54) is 0 Å². The van der Waals surface area contributed by atoms with Crippen LogP contribution < -0.4 is 9.47 Å². The second kappa shape index (κ2) is 7.06. The smallest absolute Gasteiger partial charge is 0.146 e. The van der Waals surface area contributed by atoms with E-state index in [0.29, 0.717) is 29.2 Å². The molecule has 0 radical (unpaired) electrons. The molecule has 0 spiro atoms. The van der Waals surface area contributed by atoms with Crippen molar-refractivity contribution in [2.75, 3.05) is 7.11 Å². The van der Waals surface area contributed by atoms with Gasteiger partial charge in [-0.1, -0.05) is 12.1 Å². The molecule has 0 fully saturated rings. The molecule has 0 saturated carbocycles. The highest BCUT2D eigenvalue weighted by molar-refractivity contribution is 5.41. The first-order valence-corrected chi connectivity index (χ1v) is 6.64. The number of aryl methyl sites for hydroxylation is 1. The molecule has 5 nitrogen and oxygen atoms in total. The first-order chi connectivity index (χ1) is 10.2. The molecule has 0 aliphatic rings. The molecule has 0 bridgehead atoms. The summed E-state index contributed by atoms with van der Waals surface area (Å²) in [5, 5.41) is 18.8. The van der Waals surface area contributed by atoms with Crippen LogP contribution >= 0.6 is 0 Å². The average Bonchev–Trinajstić information content (AvgIpc) is 2.53. The average molecular weight is 289 g/mol. The lowest BCUT2D eigenvalue weighted by Gasteiger charge is -2.15. The minimum absolute atomic E-state index is 0.179. The van der Waals surface area contributed by atoms with E-state index in [1.54, 1.807) is 13.3 Å². The largest absolute Gasteiger partial charge is 0.497 e. The third-order valence-corrected chi connectivity index (χ3v) is 3.28. The van der Waals surface area contributed by atoms with Crippen molar-refractivity contribution in [3.63, 3.8) is 0 Å². The number of methoxy groups -OCH3 is 1. The highest BCUT2D eigenvalue weighted by Gasteiger charge is 2.13. The van der Waals surface area contributed by atoms with E-state index in [1.807, 2.05) is 31.2 Å². The third kappa shape index (κ3) is 3.51. The summed E-state index contributed by atoms with van der Waals surface area (Å²) >= 11 is 0. The van der Waals surface area contributed by atoms with Crippen LogP contribution in [0.5, 0.6) is 11.5 Å². The molecule has 0 aliphatic carbocycles. The Labute approximate surface area is 123 Å². The Balaban J connectivity index is 2.18. The van der Waals surface area contributed by atoms with Gasteiger partial charge in [0, 0.05) is 17.3 Å². The van der Waals surface area contributed by atoms with Crippen molar-refractivity contribution in [2.24, 2.45) is 0 Å². The number of rotatable bonds is 6. The molecule has 1 heterocycles. The number of aliphatic hydroxyl groups excluding tert-OH is 2. The van der Waals surface area contributed by atoms with E-state index in [9.17, 15) is 10.2 Å². The summed E-state index contributed by atoms with van der Waals surface area (Å²) in [5.41, 5.74) is 2.82. The van der Waals surface area contributed by atoms with E-state index >= 15 is 0 Å². The number of aliphatic hydroxyl groups is 2. The molecule has 0 amide bonds. The van der Waals surface area contributed by atoms with Gasteiger partial charge >= 0.3 is 0 Å². The molecule has 0 unspecified atom stereocenters. The van der Waals surface area contributed by atoms with Crippen LogP contribution in [0.25, 0.3) is 0 Å². The van der Waals surface area contributed by atoms with Crippen molar-refractivity contribution in [2.45, 2.75) is 26.7 Å². The summed E-state index contributed by atoms with van der Waals surface area (Å²) in [5.74, 6) is 1.31. The second-order valence-electron chi connectivity index (χ2n) is 4.63. The number of benzene rings is 1. The van der Waals surface area contributed by atoms with E-state index in [-0.39, 0.29) is 13.2 Å². The molecular formula is C16H19NO4. The fourth-order valence-electron chi connectivity index (χ4n) is 2.05. The molecule has 2 rings (SSSR count). The number of pyridine rings is 1. The van der Waals surface area contributed by atoms with E-state index in [4.69, 9.17) is 9.47 Å². The summed E-state index contributed by atoms with van der Waals surface area (Å²) in [6, 6.07) is 7.55. The van der Waals surface area contributed by atoms with Gasteiger partial charge in [-0.25, -0.2) is 0 Å². The van der Waals surface area contributed by atoms with E-state index in [0.717, 1.165) is 11.3 Å². The maximum atomic E-state index is 9.48. The first-order valence-electron chi connectivity index (χ1n) is 6.64. The van der Waals surface area contributed by atoms with Crippen LogP contribution in [0.2, 0.25) is 0 Å². The van der Waals surface area contributed by atoms with Gasteiger partial charge < -0.3 is 19.7 Å². The molecular weight excluding hydrogens is 270 g/mol. The normalized spacial score (nSPS) is 10.5. The number of nitrogens with zero attached hydrogens (tertiary/aromatic N) is 1. The van der Waals surface area contributed by atoms with Crippen molar-refractivity contribution in [1.29, 1.82) is 0 Å². The molecule has 0 saturated heterocycles. The monoisotopic (exact) mass is 289 g/mol. The number of aromatic nitrogens is 1. The van der Waals surface area contributed by atoms with Crippen molar-refractivity contribution in [3.8, 4) is 11.5 Å². The Morgan fingerprint density at radius 1 is 1.10 bits per heavy atom. The zero-order valence-corrected chi connectivity index (χ0v) is 12.2. The van der Waals surface area contributed by atoms with Crippen molar-refractivity contribution < 1.29 is 19.7 Å². The Morgan fingerprint density at radius 2 is 1.81 bits per heavy atom. The second-order valence-corrected chi connectivity index (χ2v) is 4.63. The van der Waals surface area contributed by atoms with Gasteiger partial charge in [-0.05, 0) is 24.6 Å². The van der Waals surface area contributed by atoms with Crippen LogP contribution in [-0.2, 0) is 19.8 Å². The van der Waals surface area contributed by atoms with Gasteiger partial charge in [0.05, 0.1) is 26.0 Å². The van der Waals surface area contributed by atoms with Crippen molar-refractivity contribution in [3.05, 3.63) is 52.8 Å². The van der Waals surface area contributed by atoms with Gasteiger partial charge in [-0.3, -0.25) is 4.98 Å². The molecule has 1 aromatic heterocycles. The predicted molar refractivity (Wildman–Crippen MR) is 78.1 cm³/mol. The summed E-state index contributed by atoms with van der Waals surface area (Å²) in [6.07, 6.45) is 1.56. The fraction of sp³-hybridized carbons (Fsp3) is 0.312. The minimum Gasteiger partial charge on any atom is -0.497 e. The van der Waals surface area contributed by atoms with Gasteiger partial charge in [-0.15, -0.1) is 0 Å². The van der Waals surface area contributed by atoms with Crippen LogP contribution in [0, 0.1) is 6.92 Å². The van der Waals surface area contributed by atoms with Gasteiger partial charge in [0.1, 0.15) is 18.1 Å². The lowest BCUT2D eigenvalue weighted by atomic mass is 10.1. The SMILES string of the molecule is COc1ccc(COc2c(C)ncc(CO)c2CO)cc1. The maximum absolute atomic E-state index is 9.48. The van der Waals surface area contributed by atoms with Crippen LogP contribution in [0.15, 0.2) is 30.5 Å². The molecule has 0 atom stereocenters. The highest BCUT2D eigenvalue weighted by Crippen LogP contribution is 2.26. The molecule has 0 aliphatic heterocycles. The van der Waals surface area contributed by atoms with Crippen LogP contribution in [-0.4, -0.2) is 22.3 Å². The molecule has 112 valence electrons. The van der Waals surface area contributed by atoms with Crippen LogP contribution in [0.1, 0.15) is 22.4 Å². The zero-order valence-electron chi connectivity index (χ0n) is 12.2. The Hall–Kier alpha value is -2.11. The molecule has 5 heteroatoms.